The fourth-order valence-corrected chi connectivity index (χ4v) is 1.96. The van der Waals surface area contributed by atoms with Gasteiger partial charge in [-0.15, -0.1) is 0 Å². The number of rotatable bonds is 7. The Morgan fingerprint density at radius 1 is 1.44 bits per heavy atom. The first-order valence-electron chi connectivity index (χ1n) is 6.80. The van der Waals surface area contributed by atoms with Crippen LogP contribution in [0.5, 0.6) is 0 Å². The highest BCUT2D eigenvalue weighted by molar-refractivity contribution is 5.14. The van der Waals surface area contributed by atoms with Crippen molar-refractivity contribution in [3.05, 3.63) is 17.5 Å². The molecule has 1 atom stereocenters. The summed E-state index contributed by atoms with van der Waals surface area (Å²) in [6.45, 7) is 9.27. The molecule has 0 radical (unpaired) electrons. The second-order valence-electron chi connectivity index (χ2n) is 5.34. The van der Waals surface area contributed by atoms with E-state index in [2.05, 4.69) is 38.9 Å². The van der Waals surface area contributed by atoms with E-state index >= 15 is 0 Å². The molecule has 1 aromatic heterocycles. The molecule has 0 saturated heterocycles. The Bertz CT molecular complexity index is 371. The Kier molecular flexibility index (Phi) is 5.35. The van der Waals surface area contributed by atoms with Gasteiger partial charge in [-0.3, -0.25) is 4.68 Å². The van der Waals surface area contributed by atoms with Crippen molar-refractivity contribution in [2.75, 3.05) is 7.11 Å². The third-order valence-corrected chi connectivity index (χ3v) is 3.51. The molecule has 0 aliphatic heterocycles. The summed E-state index contributed by atoms with van der Waals surface area (Å²) in [7, 11) is 1.75. The summed E-state index contributed by atoms with van der Waals surface area (Å²) in [5, 5.41) is 4.54. The highest BCUT2D eigenvalue weighted by Crippen LogP contribution is 2.23. The molecule has 0 fully saturated rings. The largest absolute Gasteiger partial charge is 0.379 e. The summed E-state index contributed by atoms with van der Waals surface area (Å²) >= 11 is 0. The lowest BCUT2D eigenvalue weighted by Gasteiger charge is -2.24. The van der Waals surface area contributed by atoms with E-state index < -0.39 is 0 Å². The first kappa shape index (κ1) is 15.2. The second-order valence-corrected chi connectivity index (χ2v) is 5.34. The average Bonchev–Trinajstić information content (AvgIpc) is 2.79. The molecule has 0 spiro atoms. The van der Waals surface area contributed by atoms with E-state index in [-0.39, 0.29) is 11.6 Å². The number of hydrogen-bond acceptors (Lipinski definition) is 3. The van der Waals surface area contributed by atoms with Crippen molar-refractivity contribution >= 4 is 0 Å². The molecule has 1 rings (SSSR count). The fourth-order valence-electron chi connectivity index (χ4n) is 1.96. The zero-order chi connectivity index (χ0) is 13.8. The van der Waals surface area contributed by atoms with Gasteiger partial charge in [0.25, 0.3) is 0 Å². The number of nitrogens with two attached hydrogens (primary N) is 1. The van der Waals surface area contributed by atoms with Crippen LogP contribution in [-0.2, 0) is 17.7 Å². The molecule has 0 amide bonds. The number of nitrogens with zero attached hydrogens (tertiary/aromatic N) is 2. The third-order valence-electron chi connectivity index (χ3n) is 3.51. The third kappa shape index (κ3) is 3.82. The van der Waals surface area contributed by atoms with Gasteiger partial charge >= 0.3 is 0 Å². The van der Waals surface area contributed by atoms with Gasteiger partial charge in [0, 0.05) is 19.7 Å². The standard InChI is InChI=1S/C14H27N3O/c1-6-11-10-13(17(7-2)16-11)12(15)8-9-14(3,4)18-5/h10,12H,6-9,15H2,1-5H3. The Morgan fingerprint density at radius 3 is 2.61 bits per heavy atom. The lowest BCUT2D eigenvalue weighted by molar-refractivity contribution is 0.0123. The molecule has 0 aromatic carbocycles. The van der Waals surface area contributed by atoms with Gasteiger partial charge in [-0.05, 0) is 46.1 Å². The first-order chi connectivity index (χ1) is 8.43. The molecule has 104 valence electrons. The van der Waals surface area contributed by atoms with Crippen LogP contribution in [0, 0.1) is 0 Å². The van der Waals surface area contributed by atoms with Crippen LogP contribution in [0.15, 0.2) is 6.07 Å². The van der Waals surface area contributed by atoms with Gasteiger partial charge in [0.1, 0.15) is 0 Å². The summed E-state index contributed by atoms with van der Waals surface area (Å²) in [5.41, 5.74) is 8.43. The van der Waals surface area contributed by atoms with Gasteiger partial charge in [-0.1, -0.05) is 6.92 Å². The Balaban J connectivity index is 2.71. The van der Waals surface area contributed by atoms with Crippen molar-refractivity contribution in [1.29, 1.82) is 0 Å². The van der Waals surface area contributed by atoms with E-state index in [1.165, 1.54) is 0 Å². The van der Waals surface area contributed by atoms with Crippen molar-refractivity contribution in [1.82, 2.24) is 9.78 Å². The number of methoxy groups -OCH3 is 1. The summed E-state index contributed by atoms with van der Waals surface area (Å²) in [6.07, 6.45) is 2.81. The van der Waals surface area contributed by atoms with Gasteiger partial charge in [0.15, 0.2) is 0 Å². The van der Waals surface area contributed by atoms with Crippen molar-refractivity contribution in [2.45, 2.75) is 65.1 Å². The monoisotopic (exact) mass is 253 g/mol. The van der Waals surface area contributed by atoms with E-state index in [9.17, 15) is 0 Å². The van der Waals surface area contributed by atoms with Crippen LogP contribution in [0.2, 0.25) is 0 Å². The quantitative estimate of drug-likeness (QED) is 0.813. The van der Waals surface area contributed by atoms with Crippen LogP contribution in [-0.4, -0.2) is 22.5 Å². The van der Waals surface area contributed by atoms with Crippen LogP contribution in [0.1, 0.15) is 58.0 Å². The van der Waals surface area contributed by atoms with E-state index in [4.69, 9.17) is 10.5 Å². The number of aryl methyl sites for hydroxylation is 2. The predicted molar refractivity (Wildman–Crippen MR) is 74.5 cm³/mol. The lowest BCUT2D eigenvalue weighted by Crippen LogP contribution is -2.25. The van der Waals surface area contributed by atoms with Crippen LogP contribution < -0.4 is 5.73 Å². The second kappa shape index (κ2) is 6.34. The van der Waals surface area contributed by atoms with Crippen LogP contribution in [0.25, 0.3) is 0 Å². The molecule has 1 aromatic rings. The maximum absolute atomic E-state index is 6.28. The first-order valence-corrected chi connectivity index (χ1v) is 6.80. The van der Waals surface area contributed by atoms with Gasteiger partial charge in [0.05, 0.1) is 17.0 Å². The maximum Gasteiger partial charge on any atom is 0.0625 e. The SMILES string of the molecule is CCc1cc(C(N)CCC(C)(C)OC)n(CC)n1. The predicted octanol–water partition coefficient (Wildman–Crippen LogP) is 2.67. The number of ether oxygens (including phenoxy) is 1. The Morgan fingerprint density at radius 2 is 2.11 bits per heavy atom. The normalized spacial score (nSPS) is 13.9. The highest BCUT2D eigenvalue weighted by Gasteiger charge is 2.20. The number of hydrogen-bond donors (Lipinski definition) is 1. The summed E-state index contributed by atoms with van der Waals surface area (Å²) in [5.74, 6) is 0. The molecule has 4 heteroatoms. The summed E-state index contributed by atoms with van der Waals surface area (Å²) in [4.78, 5) is 0. The van der Waals surface area contributed by atoms with Crippen molar-refractivity contribution < 1.29 is 4.74 Å². The molecule has 1 heterocycles. The minimum absolute atomic E-state index is 0.0344. The molecular weight excluding hydrogens is 226 g/mol. The van der Waals surface area contributed by atoms with Gasteiger partial charge < -0.3 is 10.5 Å². The zero-order valence-corrected chi connectivity index (χ0v) is 12.4. The molecule has 0 bridgehead atoms. The van der Waals surface area contributed by atoms with Crippen LogP contribution in [0.3, 0.4) is 0 Å². The minimum Gasteiger partial charge on any atom is -0.379 e. The summed E-state index contributed by atoms with van der Waals surface area (Å²) < 4.78 is 7.45. The smallest absolute Gasteiger partial charge is 0.0625 e. The topological polar surface area (TPSA) is 53.1 Å². The molecule has 1 unspecified atom stereocenters. The van der Waals surface area contributed by atoms with Gasteiger partial charge in [0.2, 0.25) is 0 Å². The fraction of sp³-hybridized carbons (Fsp3) is 0.786. The molecular formula is C14H27N3O. The average molecular weight is 253 g/mol. The van der Waals surface area contributed by atoms with Gasteiger partial charge in [-0.2, -0.15) is 5.10 Å². The van der Waals surface area contributed by atoms with E-state index in [1.807, 2.05) is 4.68 Å². The number of aromatic nitrogens is 2. The molecule has 18 heavy (non-hydrogen) atoms. The zero-order valence-electron chi connectivity index (χ0n) is 12.4. The van der Waals surface area contributed by atoms with Crippen LogP contribution in [0.4, 0.5) is 0 Å². The van der Waals surface area contributed by atoms with Crippen molar-refractivity contribution in [3.8, 4) is 0 Å². The highest BCUT2D eigenvalue weighted by atomic mass is 16.5. The summed E-state index contributed by atoms with van der Waals surface area (Å²) in [6, 6.07) is 2.17. The van der Waals surface area contributed by atoms with Crippen molar-refractivity contribution in [2.24, 2.45) is 5.73 Å². The van der Waals surface area contributed by atoms with E-state index in [1.54, 1.807) is 7.11 Å². The molecule has 2 N–H and O–H groups in total. The lowest BCUT2D eigenvalue weighted by atomic mass is 9.97. The van der Waals surface area contributed by atoms with Crippen molar-refractivity contribution in [3.63, 3.8) is 0 Å². The Labute approximate surface area is 111 Å². The maximum atomic E-state index is 6.28. The van der Waals surface area contributed by atoms with E-state index in [0.717, 1.165) is 37.2 Å². The molecule has 4 nitrogen and oxygen atoms in total. The van der Waals surface area contributed by atoms with Crippen LogP contribution >= 0.6 is 0 Å². The molecule has 0 aliphatic carbocycles. The molecule has 0 aliphatic rings. The minimum atomic E-state index is -0.109. The Hall–Kier alpha value is -0.870. The molecule has 0 saturated carbocycles. The van der Waals surface area contributed by atoms with E-state index in [0.29, 0.717) is 0 Å². The van der Waals surface area contributed by atoms with Gasteiger partial charge in [-0.25, -0.2) is 0 Å².